The SMILES string of the molecule is O=C(O)CCc1c[nH]c2c(=O)[nH]c3ccc(S(=O)(=O)N4CCc5ccccc54)cc3c12. The zero-order chi connectivity index (χ0) is 21.8. The molecule has 1 aliphatic heterocycles. The number of para-hydroxylation sites is 1. The van der Waals surface area contributed by atoms with Gasteiger partial charge in [-0.25, -0.2) is 8.42 Å². The Balaban J connectivity index is 1.68. The van der Waals surface area contributed by atoms with Gasteiger partial charge in [0.2, 0.25) is 0 Å². The van der Waals surface area contributed by atoms with Gasteiger partial charge in [-0.05, 0) is 48.2 Å². The minimum absolute atomic E-state index is 0.0935. The van der Waals surface area contributed by atoms with Gasteiger partial charge < -0.3 is 15.1 Å². The van der Waals surface area contributed by atoms with Crippen molar-refractivity contribution in [3.63, 3.8) is 0 Å². The van der Waals surface area contributed by atoms with E-state index in [0.717, 1.165) is 5.56 Å². The molecule has 0 bridgehead atoms. The van der Waals surface area contributed by atoms with Crippen LogP contribution in [-0.2, 0) is 27.7 Å². The molecule has 0 aliphatic carbocycles. The first kappa shape index (κ1) is 19.4. The number of aliphatic carboxylic acids is 1. The second kappa shape index (κ2) is 6.98. The summed E-state index contributed by atoms with van der Waals surface area (Å²) in [5, 5.41) is 10.2. The molecule has 0 spiro atoms. The number of H-pyrrole nitrogens is 2. The van der Waals surface area contributed by atoms with Crippen LogP contribution < -0.4 is 9.86 Å². The summed E-state index contributed by atoms with van der Waals surface area (Å²) in [5.74, 6) is -0.945. The number of sulfonamides is 1. The average molecular weight is 437 g/mol. The lowest BCUT2D eigenvalue weighted by Crippen LogP contribution is -2.29. The van der Waals surface area contributed by atoms with Gasteiger partial charge in [-0.15, -0.1) is 0 Å². The molecule has 0 saturated carbocycles. The van der Waals surface area contributed by atoms with Gasteiger partial charge in [-0.3, -0.25) is 13.9 Å². The molecular weight excluding hydrogens is 418 g/mol. The third kappa shape index (κ3) is 3.09. The summed E-state index contributed by atoms with van der Waals surface area (Å²) in [7, 11) is -3.81. The summed E-state index contributed by atoms with van der Waals surface area (Å²) >= 11 is 0. The number of pyridine rings is 1. The van der Waals surface area contributed by atoms with Crippen LogP contribution in [0.25, 0.3) is 21.8 Å². The predicted octanol–water partition coefficient (Wildman–Crippen LogP) is 2.78. The molecule has 5 rings (SSSR count). The van der Waals surface area contributed by atoms with E-state index >= 15 is 0 Å². The molecule has 4 aromatic rings. The van der Waals surface area contributed by atoms with E-state index in [2.05, 4.69) is 9.97 Å². The predicted molar refractivity (Wildman–Crippen MR) is 117 cm³/mol. The van der Waals surface area contributed by atoms with Crippen molar-refractivity contribution in [2.75, 3.05) is 10.8 Å². The molecule has 8 nitrogen and oxygen atoms in total. The number of hydrogen-bond acceptors (Lipinski definition) is 4. The Kier molecular flexibility index (Phi) is 4.37. The summed E-state index contributed by atoms with van der Waals surface area (Å²) in [6, 6.07) is 12.1. The second-order valence-electron chi connectivity index (χ2n) is 7.58. The van der Waals surface area contributed by atoms with Crippen LogP contribution in [-0.4, -0.2) is 36.0 Å². The molecule has 3 N–H and O–H groups in total. The van der Waals surface area contributed by atoms with E-state index in [1.54, 1.807) is 24.4 Å². The van der Waals surface area contributed by atoms with Crippen LogP contribution in [0.3, 0.4) is 0 Å². The highest BCUT2D eigenvalue weighted by molar-refractivity contribution is 7.92. The van der Waals surface area contributed by atoms with Gasteiger partial charge in [-0.1, -0.05) is 18.2 Å². The molecule has 31 heavy (non-hydrogen) atoms. The third-order valence-corrected chi connectivity index (χ3v) is 7.55. The minimum atomic E-state index is -3.81. The van der Waals surface area contributed by atoms with E-state index in [0.29, 0.717) is 46.0 Å². The number of carboxylic acids is 1. The van der Waals surface area contributed by atoms with Crippen LogP contribution >= 0.6 is 0 Å². The monoisotopic (exact) mass is 437 g/mol. The Morgan fingerprint density at radius 3 is 2.77 bits per heavy atom. The van der Waals surface area contributed by atoms with Crippen LogP contribution in [0.2, 0.25) is 0 Å². The number of nitrogens with zero attached hydrogens (tertiary/aromatic N) is 1. The lowest BCUT2D eigenvalue weighted by molar-refractivity contribution is -0.136. The maximum Gasteiger partial charge on any atom is 0.303 e. The van der Waals surface area contributed by atoms with Crippen LogP contribution in [0.15, 0.2) is 58.4 Å². The Hall–Kier alpha value is -3.59. The number of aromatic amines is 2. The first-order chi connectivity index (χ1) is 14.9. The van der Waals surface area contributed by atoms with Gasteiger partial charge >= 0.3 is 5.97 Å². The van der Waals surface area contributed by atoms with Crippen LogP contribution in [0, 0.1) is 0 Å². The van der Waals surface area contributed by atoms with Gasteiger partial charge in [0.1, 0.15) is 5.52 Å². The van der Waals surface area contributed by atoms with Gasteiger partial charge in [0.05, 0.1) is 10.6 Å². The molecule has 158 valence electrons. The van der Waals surface area contributed by atoms with E-state index in [4.69, 9.17) is 5.11 Å². The summed E-state index contributed by atoms with van der Waals surface area (Å²) in [6.07, 6.45) is 2.39. The average Bonchev–Trinajstić information content (AvgIpc) is 3.37. The smallest absolute Gasteiger partial charge is 0.303 e. The third-order valence-electron chi connectivity index (χ3n) is 5.74. The van der Waals surface area contributed by atoms with Crippen LogP contribution in [0.4, 0.5) is 5.69 Å². The second-order valence-corrected chi connectivity index (χ2v) is 9.44. The summed E-state index contributed by atoms with van der Waals surface area (Å²) < 4.78 is 28.3. The normalized spacial score (nSPS) is 13.7. The zero-order valence-electron chi connectivity index (χ0n) is 16.4. The highest BCUT2D eigenvalue weighted by Gasteiger charge is 2.31. The number of benzene rings is 2. The fraction of sp³-hybridized carbons (Fsp3) is 0.182. The van der Waals surface area contributed by atoms with Crippen molar-refractivity contribution in [1.82, 2.24) is 9.97 Å². The molecule has 1 aliphatic rings. The van der Waals surface area contributed by atoms with Gasteiger partial charge in [0.25, 0.3) is 15.6 Å². The first-order valence-electron chi connectivity index (χ1n) is 9.85. The summed E-state index contributed by atoms with van der Waals surface area (Å²) in [6.45, 7) is 0.370. The number of rotatable bonds is 5. The molecule has 0 radical (unpaired) electrons. The van der Waals surface area contributed by atoms with E-state index in [1.807, 2.05) is 18.2 Å². The van der Waals surface area contributed by atoms with Crippen molar-refractivity contribution in [1.29, 1.82) is 0 Å². The minimum Gasteiger partial charge on any atom is -0.481 e. The Bertz CT molecular complexity index is 1520. The molecule has 0 saturated heterocycles. The fourth-order valence-electron chi connectivity index (χ4n) is 4.26. The van der Waals surface area contributed by atoms with Crippen molar-refractivity contribution in [3.8, 4) is 0 Å². The number of fused-ring (bicyclic) bond motifs is 4. The van der Waals surface area contributed by atoms with E-state index in [9.17, 15) is 18.0 Å². The fourth-order valence-corrected chi connectivity index (χ4v) is 5.79. The topological polar surface area (TPSA) is 123 Å². The summed E-state index contributed by atoms with van der Waals surface area (Å²) in [5.41, 5.74) is 2.78. The molecule has 0 unspecified atom stereocenters. The Labute approximate surface area is 177 Å². The van der Waals surface area contributed by atoms with Crippen molar-refractivity contribution < 1.29 is 18.3 Å². The van der Waals surface area contributed by atoms with E-state index < -0.39 is 16.0 Å². The first-order valence-corrected chi connectivity index (χ1v) is 11.3. The van der Waals surface area contributed by atoms with E-state index in [-0.39, 0.29) is 23.3 Å². The van der Waals surface area contributed by atoms with E-state index in [1.165, 1.54) is 10.4 Å². The van der Waals surface area contributed by atoms with Crippen molar-refractivity contribution in [2.24, 2.45) is 0 Å². The van der Waals surface area contributed by atoms with Crippen LogP contribution in [0.5, 0.6) is 0 Å². The lowest BCUT2D eigenvalue weighted by atomic mass is 10.0. The van der Waals surface area contributed by atoms with Crippen molar-refractivity contribution in [3.05, 3.63) is 70.1 Å². The Morgan fingerprint density at radius 1 is 1.16 bits per heavy atom. The number of anilines is 1. The standard InChI is InChI=1S/C22H19N3O5S/c26-19(27)8-5-14-12-23-21-20(14)16-11-15(6-7-17(16)24-22(21)28)31(29,30)25-10-9-13-3-1-2-4-18(13)25/h1-4,6-7,11-12,23H,5,8-10H2,(H,24,28)(H,26,27). The van der Waals surface area contributed by atoms with Crippen molar-refractivity contribution >= 4 is 43.5 Å². The molecule has 0 fully saturated rings. The highest BCUT2D eigenvalue weighted by Crippen LogP contribution is 2.34. The quantitative estimate of drug-likeness (QED) is 0.443. The van der Waals surface area contributed by atoms with Gasteiger partial charge in [-0.2, -0.15) is 0 Å². The zero-order valence-corrected chi connectivity index (χ0v) is 17.2. The number of aryl methyl sites for hydroxylation is 1. The number of nitrogens with one attached hydrogen (secondary N) is 2. The molecule has 9 heteroatoms. The number of carbonyl (C=O) groups is 1. The molecule has 2 aromatic carbocycles. The lowest BCUT2D eigenvalue weighted by Gasteiger charge is -2.20. The van der Waals surface area contributed by atoms with Gasteiger partial charge in [0, 0.05) is 35.5 Å². The molecule has 3 heterocycles. The highest BCUT2D eigenvalue weighted by atomic mass is 32.2. The van der Waals surface area contributed by atoms with Crippen LogP contribution in [0.1, 0.15) is 17.5 Å². The Morgan fingerprint density at radius 2 is 1.97 bits per heavy atom. The van der Waals surface area contributed by atoms with Crippen molar-refractivity contribution in [2.45, 2.75) is 24.2 Å². The number of carboxylic acid groups (broad SMARTS) is 1. The maximum atomic E-state index is 13.5. The summed E-state index contributed by atoms with van der Waals surface area (Å²) in [4.78, 5) is 29.3. The number of aromatic nitrogens is 2. The molecule has 0 atom stereocenters. The maximum absolute atomic E-state index is 13.5. The number of hydrogen-bond donors (Lipinski definition) is 3. The molecule has 0 amide bonds. The molecular formula is C22H19N3O5S. The van der Waals surface area contributed by atoms with Gasteiger partial charge in [0.15, 0.2) is 0 Å². The molecule has 2 aromatic heterocycles. The largest absolute Gasteiger partial charge is 0.481 e.